The highest BCUT2D eigenvalue weighted by atomic mass is 16.8. The Labute approximate surface area is 694 Å². The summed E-state index contributed by atoms with van der Waals surface area (Å²) in [6, 6.07) is -4.75. The van der Waals surface area contributed by atoms with Crippen LogP contribution in [0.25, 0.3) is 0 Å². The zero-order chi connectivity index (χ0) is 86.2. The summed E-state index contributed by atoms with van der Waals surface area (Å²) in [7, 11) is 0. The fourth-order valence-electron chi connectivity index (χ4n) is 16.2. The van der Waals surface area contributed by atoms with Gasteiger partial charge in [0.2, 0.25) is 17.7 Å². The van der Waals surface area contributed by atoms with E-state index in [-0.39, 0.29) is 12.3 Å². The van der Waals surface area contributed by atoms with Crippen molar-refractivity contribution in [3.63, 3.8) is 0 Å². The van der Waals surface area contributed by atoms with Gasteiger partial charge < -0.3 is 165 Å². The topological polar surface area (TPSA) is 562 Å². The maximum absolute atomic E-state index is 13.7. The molecule has 0 aliphatic carbocycles. The molecule has 3 amide bonds. The third kappa shape index (κ3) is 32.7. The van der Waals surface area contributed by atoms with Crippen LogP contribution in [0.3, 0.4) is 0 Å². The van der Waals surface area contributed by atoms with Gasteiger partial charge in [-0.25, -0.2) is 0 Å². The summed E-state index contributed by atoms with van der Waals surface area (Å²) in [5.74, 6) is -2.08. The number of hydrogen-bond acceptors (Lipinski definition) is 33. The average molecular weight is 1710 g/mol. The zero-order valence-electron chi connectivity index (χ0n) is 69.8. The number of ether oxygens (including phenoxy) is 12. The molecule has 0 spiro atoms. The minimum absolute atomic E-state index is 0.151. The van der Waals surface area contributed by atoms with Crippen molar-refractivity contribution < 1.29 is 163 Å². The molecule has 0 aromatic heterocycles. The van der Waals surface area contributed by atoms with Crippen LogP contribution in [-0.2, 0) is 71.2 Å². The number of aliphatic hydroxyl groups is 18. The van der Waals surface area contributed by atoms with Crippen molar-refractivity contribution in [3.05, 3.63) is 12.2 Å². The van der Waals surface area contributed by atoms with Gasteiger partial charge in [-0.05, 0) is 19.3 Å². The standard InChI is InChI=1S/C82H149N3O33/c1-5-7-9-11-13-15-17-19-20-21-22-23-24-25-26-28-30-32-34-36-38-40-58(95)85-50(51(94)39-37-35-33-31-29-27-18-16-14-12-10-8-6-2)47-107-79-69(104)67(102)73(56(45-90)112-79)115-82-71(106)76(74(57(46-91)113-82)116-77-59(83-48(3)92)64(99)61(96)52(41-86)108-77)118-78-60(84-49(4)93)65(100)72(55(44-89)111-78)114-81-70(105)75(63(98)54(43-88)110-81)117-80-68(103)66(101)62(97)53(42-87)109-80/h37,39,50-57,59-82,86-91,94,96-106H,5-36,38,40-47H2,1-4H3,(H,83,92)(H,84,93)(H,85,95)/b39-37+/t50-,51+,52?,53?,54?,55?,56?,57?,59?,60?,61-,62-,63-,64+,65+,66-,67+,68?,69?,70?,71?,72+,73+,74-,75-,76+,77-,78-,79+,80-,81-,82-/m0/s1. The van der Waals surface area contributed by atoms with Crippen LogP contribution in [0.5, 0.6) is 0 Å². The third-order valence-corrected chi connectivity index (χ3v) is 23.2. The van der Waals surface area contributed by atoms with E-state index in [4.69, 9.17) is 56.8 Å². The summed E-state index contributed by atoms with van der Waals surface area (Å²) >= 11 is 0. The highest BCUT2D eigenvalue weighted by molar-refractivity contribution is 5.76. The Balaban J connectivity index is 1.15. The van der Waals surface area contributed by atoms with Crippen molar-refractivity contribution in [2.24, 2.45) is 0 Å². The molecule has 0 saturated carbocycles. The van der Waals surface area contributed by atoms with Crippen molar-refractivity contribution in [2.45, 2.75) is 442 Å². The molecule has 36 heteroatoms. The summed E-state index contributed by atoms with van der Waals surface area (Å²) in [6.45, 7) is -0.114. The lowest BCUT2D eigenvalue weighted by Crippen LogP contribution is -2.71. The molecule has 690 valence electrons. The molecule has 6 aliphatic rings. The lowest BCUT2D eigenvalue weighted by molar-refractivity contribution is -0.397. The van der Waals surface area contributed by atoms with Crippen LogP contribution in [0.1, 0.15) is 246 Å². The molecule has 6 aliphatic heterocycles. The van der Waals surface area contributed by atoms with E-state index in [9.17, 15) is 106 Å². The second-order valence-electron chi connectivity index (χ2n) is 32.8. The molecule has 6 rings (SSSR count). The van der Waals surface area contributed by atoms with E-state index in [0.29, 0.717) is 12.8 Å². The van der Waals surface area contributed by atoms with Crippen molar-refractivity contribution in [1.29, 1.82) is 0 Å². The average Bonchev–Trinajstić information content (AvgIpc) is 0.763. The summed E-state index contributed by atoms with van der Waals surface area (Å²) in [4.78, 5) is 39.5. The van der Waals surface area contributed by atoms with Crippen LogP contribution >= 0.6 is 0 Å². The monoisotopic (exact) mass is 1700 g/mol. The Morgan fingerprint density at radius 1 is 0.331 bits per heavy atom. The van der Waals surface area contributed by atoms with Gasteiger partial charge in [-0.2, -0.15) is 0 Å². The van der Waals surface area contributed by atoms with Gasteiger partial charge in [0.1, 0.15) is 146 Å². The van der Waals surface area contributed by atoms with Gasteiger partial charge in [-0.1, -0.05) is 219 Å². The number of allylic oxidation sites excluding steroid dienone is 1. The predicted molar refractivity (Wildman–Crippen MR) is 421 cm³/mol. The van der Waals surface area contributed by atoms with Gasteiger partial charge in [-0.3, -0.25) is 14.4 Å². The number of amides is 3. The first kappa shape index (κ1) is 104. The van der Waals surface area contributed by atoms with Gasteiger partial charge in [0, 0.05) is 20.3 Å². The van der Waals surface area contributed by atoms with E-state index in [2.05, 4.69) is 29.8 Å². The summed E-state index contributed by atoms with van der Waals surface area (Å²) < 4.78 is 72.1. The largest absolute Gasteiger partial charge is 0.394 e. The van der Waals surface area contributed by atoms with Crippen LogP contribution in [0.4, 0.5) is 0 Å². The second-order valence-corrected chi connectivity index (χ2v) is 32.8. The molecule has 21 N–H and O–H groups in total. The van der Waals surface area contributed by atoms with E-state index < -0.39 is 254 Å². The fraction of sp³-hybridized carbons (Fsp3) is 0.939. The molecule has 32 atom stereocenters. The van der Waals surface area contributed by atoms with E-state index in [1.807, 2.05) is 6.08 Å². The van der Waals surface area contributed by atoms with Gasteiger partial charge >= 0.3 is 0 Å². The first-order valence-corrected chi connectivity index (χ1v) is 44.0. The van der Waals surface area contributed by atoms with E-state index >= 15 is 0 Å². The smallest absolute Gasteiger partial charge is 0.220 e. The van der Waals surface area contributed by atoms with Crippen molar-refractivity contribution in [2.75, 3.05) is 46.2 Å². The molecule has 12 unspecified atom stereocenters. The lowest BCUT2D eigenvalue weighted by atomic mass is 9.93. The Bertz CT molecular complexity index is 2710. The molecule has 0 radical (unpaired) electrons. The molecular formula is C82H149N3O33. The number of unbranched alkanes of at least 4 members (excludes halogenated alkanes) is 31. The van der Waals surface area contributed by atoms with E-state index in [0.717, 1.165) is 65.2 Å². The Morgan fingerprint density at radius 2 is 0.653 bits per heavy atom. The van der Waals surface area contributed by atoms with Gasteiger partial charge in [0.15, 0.2) is 37.7 Å². The summed E-state index contributed by atoms with van der Waals surface area (Å²) in [6.07, 6.45) is -13.8. The molecule has 6 heterocycles. The maximum atomic E-state index is 13.7. The Morgan fingerprint density at radius 3 is 1.10 bits per heavy atom. The van der Waals surface area contributed by atoms with Crippen LogP contribution in [-0.4, -0.2) is 352 Å². The Hall–Kier alpha value is -3.05. The highest BCUT2D eigenvalue weighted by Gasteiger charge is 2.59. The van der Waals surface area contributed by atoms with Crippen molar-refractivity contribution >= 4 is 17.7 Å². The van der Waals surface area contributed by atoms with E-state index in [1.54, 1.807) is 6.08 Å². The quantitative estimate of drug-likeness (QED) is 0.0280. The summed E-state index contributed by atoms with van der Waals surface area (Å²) in [5, 5.41) is 209. The first-order chi connectivity index (χ1) is 56.8. The fourth-order valence-corrected chi connectivity index (χ4v) is 16.2. The second kappa shape index (κ2) is 56.8. The highest BCUT2D eigenvalue weighted by Crippen LogP contribution is 2.39. The molecule has 0 aromatic rings. The number of nitrogens with one attached hydrogen (secondary N) is 3. The van der Waals surface area contributed by atoms with Crippen LogP contribution < -0.4 is 16.0 Å². The van der Waals surface area contributed by atoms with Crippen LogP contribution in [0, 0.1) is 0 Å². The lowest BCUT2D eigenvalue weighted by Gasteiger charge is -2.51. The number of carbonyl (C=O) groups excluding carboxylic acids is 3. The summed E-state index contributed by atoms with van der Waals surface area (Å²) in [5.41, 5.74) is 0. The minimum atomic E-state index is -2.35. The molecule has 0 aromatic carbocycles. The van der Waals surface area contributed by atoms with Crippen LogP contribution in [0.15, 0.2) is 12.2 Å². The number of hydrogen-bond donors (Lipinski definition) is 21. The van der Waals surface area contributed by atoms with Gasteiger partial charge in [-0.15, -0.1) is 0 Å². The van der Waals surface area contributed by atoms with Gasteiger partial charge in [0.25, 0.3) is 0 Å². The van der Waals surface area contributed by atoms with Crippen LogP contribution in [0.2, 0.25) is 0 Å². The molecule has 6 saturated heterocycles. The number of carbonyl (C=O) groups is 3. The van der Waals surface area contributed by atoms with E-state index in [1.165, 1.54) is 148 Å². The van der Waals surface area contributed by atoms with Crippen molar-refractivity contribution in [3.8, 4) is 0 Å². The molecule has 36 nitrogen and oxygen atoms in total. The Kier molecular flexibility index (Phi) is 50.0. The predicted octanol–water partition coefficient (Wildman–Crippen LogP) is -0.0834. The molecule has 6 fully saturated rings. The molecule has 118 heavy (non-hydrogen) atoms. The number of rotatable bonds is 58. The van der Waals surface area contributed by atoms with Gasteiger partial charge in [0.05, 0.1) is 58.4 Å². The third-order valence-electron chi connectivity index (χ3n) is 23.2. The molecular weight excluding hydrogens is 1550 g/mol. The number of aliphatic hydroxyl groups excluding tert-OH is 18. The zero-order valence-corrected chi connectivity index (χ0v) is 69.8. The maximum Gasteiger partial charge on any atom is 0.220 e. The normalized spacial score (nSPS) is 35.9. The van der Waals surface area contributed by atoms with Crippen molar-refractivity contribution in [1.82, 2.24) is 16.0 Å². The molecule has 0 bridgehead atoms. The minimum Gasteiger partial charge on any atom is -0.394 e. The first-order valence-electron chi connectivity index (χ1n) is 44.0. The SMILES string of the molecule is CCCCCCCCCCCCC/C=C/[C@@H](O)[C@H](CO[C@@H]1OC(CO)[C@@H](O[C@@H]2OC(CO)[C@H](O[C@@H]3OC(CO)[C@H](O)[C@H](O)C3NC(C)=O)[C@H](O[C@@H]3OC(CO)[C@@H](O[C@@H]4OC(CO)[C@H](O)[C@H](O[C@@H]5OC(CO)[C@H](O)[C@H](O)C5O)C4O)[C@H](O)C3NC(C)=O)C2O)[C@H](O)C1O)NC(=O)CCCCCCCCCCCCCCCCCCCCCCC.